The average Bonchev–Trinajstić information content (AvgIpc) is 3.21. The van der Waals surface area contributed by atoms with Crippen molar-refractivity contribution in [2.75, 3.05) is 0 Å². The van der Waals surface area contributed by atoms with Crippen LogP contribution in [0.1, 0.15) is 35.3 Å². The summed E-state index contributed by atoms with van der Waals surface area (Å²) in [6, 6.07) is 13.8. The summed E-state index contributed by atoms with van der Waals surface area (Å²) in [5.41, 5.74) is 3.05. The first-order valence-electron chi connectivity index (χ1n) is 9.20. The number of nitro groups is 1. The van der Waals surface area contributed by atoms with Crippen molar-refractivity contribution < 1.29 is 14.5 Å². The Morgan fingerprint density at radius 2 is 1.86 bits per heavy atom. The number of aromatic nitrogens is 2. The molecule has 150 valence electrons. The molecule has 3 aromatic rings. The van der Waals surface area contributed by atoms with Crippen LogP contribution < -0.4 is 5.32 Å². The normalized spacial score (nSPS) is 10.9. The maximum atomic E-state index is 12.5. The van der Waals surface area contributed by atoms with Gasteiger partial charge in [0, 0.05) is 24.9 Å². The number of ether oxygens (including phenoxy) is 1. The molecule has 0 radical (unpaired) electrons. The number of non-ortho nitro benzene ring substituents is 1. The molecule has 0 saturated heterocycles. The number of carbonyl (C=O) groups is 1. The van der Waals surface area contributed by atoms with Gasteiger partial charge in [-0.1, -0.05) is 24.3 Å². The Morgan fingerprint density at radius 1 is 1.17 bits per heavy atom. The van der Waals surface area contributed by atoms with Gasteiger partial charge in [-0.05, 0) is 37.1 Å². The summed E-state index contributed by atoms with van der Waals surface area (Å²) >= 11 is 0. The number of nitrogens with zero attached hydrogens (tertiary/aromatic N) is 3. The Morgan fingerprint density at radius 3 is 2.52 bits per heavy atom. The smallest absolute Gasteiger partial charge is 0.269 e. The van der Waals surface area contributed by atoms with Crippen molar-refractivity contribution in [2.24, 2.45) is 0 Å². The number of nitrogens with one attached hydrogen (secondary N) is 1. The Balaban J connectivity index is 1.65. The van der Waals surface area contributed by atoms with E-state index in [0.717, 1.165) is 11.1 Å². The quantitative estimate of drug-likeness (QED) is 0.464. The van der Waals surface area contributed by atoms with Gasteiger partial charge < -0.3 is 10.1 Å². The zero-order chi connectivity index (χ0) is 20.8. The summed E-state index contributed by atoms with van der Waals surface area (Å²) in [5.74, 6) is -0.252. The topological polar surface area (TPSA) is 99.3 Å². The maximum Gasteiger partial charge on any atom is 0.269 e. The van der Waals surface area contributed by atoms with Crippen molar-refractivity contribution in [3.05, 3.63) is 87.7 Å². The molecule has 0 unspecified atom stereocenters. The van der Waals surface area contributed by atoms with E-state index in [1.54, 1.807) is 18.3 Å². The van der Waals surface area contributed by atoms with Crippen LogP contribution in [0.5, 0.6) is 0 Å². The molecule has 8 heteroatoms. The molecule has 1 N–H and O–H groups in total. The SMILES string of the molecule is CC(C)OCc1ccccc1CNC(=O)c1cnn(-c2ccc([N+](=O)[O-])cc2)c1. The van der Waals surface area contributed by atoms with E-state index in [1.807, 2.05) is 38.1 Å². The molecule has 8 nitrogen and oxygen atoms in total. The summed E-state index contributed by atoms with van der Waals surface area (Å²) in [5, 5.41) is 17.8. The number of hydrogen-bond acceptors (Lipinski definition) is 5. The standard InChI is InChI=1S/C21H22N4O4/c1-15(2)29-14-17-6-4-3-5-16(17)11-22-21(26)18-12-23-24(13-18)19-7-9-20(10-8-19)25(27)28/h3-10,12-13,15H,11,14H2,1-2H3,(H,22,26). The largest absolute Gasteiger partial charge is 0.374 e. The highest BCUT2D eigenvalue weighted by Gasteiger charge is 2.12. The van der Waals surface area contributed by atoms with E-state index in [9.17, 15) is 14.9 Å². The minimum atomic E-state index is -0.463. The van der Waals surface area contributed by atoms with E-state index in [1.165, 1.54) is 23.0 Å². The van der Waals surface area contributed by atoms with Gasteiger partial charge in [-0.25, -0.2) is 4.68 Å². The van der Waals surface area contributed by atoms with Crippen LogP contribution >= 0.6 is 0 Å². The minimum absolute atomic E-state index is 0.000940. The van der Waals surface area contributed by atoms with E-state index in [2.05, 4.69) is 10.4 Å². The summed E-state index contributed by atoms with van der Waals surface area (Å²) in [7, 11) is 0. The lowest BCUT2D eigenvalue weighted by Crippen LogP contribution is -2.23. The van der Waals surface area contributed by atoms with Crippen LogP contribution in [0.3, 0.4) is 0 Å². The van der Waals surface area contributed by atoms with Gasteiger partial charge in [0.15, 0.2) is 0 Å². The maximum absolute atomic E-state index is 12.5. The van der Waals surface area contributed by atoms with Crippen LogP contribution in [0.2, 0.25) is 0 Å². The second-order valence-electron chi connectivity index (χ2n) is 6.76. The molecule has 0 fully saturated rings. The van der Waals surface area contributed by atoms with Crippen LogP contribution in [-0.2, 0) is 17.9 Å². The Bertz CT molecular complexity index is 996. The lowest BCUT2D eigenvalue weighted by molar-refractivity contribution is -0.384. The number of rotatable bonds is 8. The molecule has 29 heavy (non-hydrogen) atoms. The Kier molecular flexibility index (Phi) is 6.36. The van der Waals surface area contributed by atoms with Gasteiger partial charge in [0.1, 0.15) is 0 Å². The predicted octanol–water partition coefficient (Wildman–Crippen LogP) is 3.64. The van der Waals surface area contributed by atoms with Crippen molar-refractivity contribution in [2.45, 2.75) is 33.1 Å². The van der Waals surface area contributed by atoms with Crippen molar-refractivity contribution in [3.63, 3.8) is 0 Å². The zero-order valence-corrected chi connectivity index (χ0v) is 16.2. The third kappa shape index (κ3) is 5.26. The first-order valence-corrected chi connectivity index (χ1v) is 9.20. The molecule has 0 saturated carbocycles. The van der Waals surface area contributed by atoms with E-state index < -0.39 is 4.92 Å². The van der Waals surface area contributed by atoms with Gasteiger partial charge in [0.25, 0.3) is 11.6 Å². The molecule has 0 aliphatic heterocycles. The van der Waals surface area contributed by atoms with Crippen LogP contribution in [0.25, 0.3) is 5.69 Å². The van der Waals surface area contributed by atoms with Crippen LogP contribution in [0, 0.1) is 10.1 Å². The summed E-state index contributed by atoms with van der Waals surface area (Å²) < 4.78 is 7.17. The number of hydrogen-bond donors (Lipinski definition) is 1. The molecule has 3 rings (SSSR count). The molecule has 0 spiro atoms. The number of nitro benzene ring substituents is 1. The van der Waals surface area contributed by atoms with Gasteiger partial charge >= 0.3 is 0 Å². The van der Waals surface area contributed by atoms with Crippen molar-refractivity contribution in [1.29, 1.82) is 0 Å². The number of amides is 1. The van der Waals surface area contributed by atoms with Gasteiger partial charge in [-0.2, -0.15) is 5.10 Å². The predicted molar refractivity (Wildman–Crippen MR) is 108 cm³/mol. The molecule has 1 aromatic heterocycles. The fourth-order valence-electron chi connectivity index (χ4n) is 2.71. The lowest BCUT2D eigenvalue weighted by atomic mass is 10.1. The molecular formula is C21H22N4O4. The van der Waals surface area contributed by atoms with E-state index in [4.69, 9.17) is 4.74 Å². The van der Waals surface area contributed by atoms with Gasteiger partial charge in [-0.15, -0.1) is 0 Å². The molecule has 2 aromatic carbocycles. The number of carbonyl (C=O) groups excluding carboxylic acids is 1. The molecule has 0 aliphatic carbocycles. The van der Waals surface area contributed by atoms with Crippen LogP contribution in [0.4, 0.5) is 5.69 Å². The molecule has 0 aliphatic rings. The van der Waals surface area contributed by atoms with Crippen molar-refractivity contribution in [3.8, 4) is 5.69 Å². The van der Waals surface area contributed by atoms with Gasteiger partial charge in [-0.3, -0.25) is 14.9 Å². The van der Waals surface area contributed by atoms with E-state index in [0.29, 0.717) is 24.4 Å². The Hall–Kier alpha value is -3.52. The van der Waals surface area contributed by atoms with Crippen molar-refractivity contribution in [1.82, 2.24) is 15.1 Å². The van der Waals surface area contributed by atoms with Gasteiger partial charge in [0.05, 0.1) is 35.1 Å². The van der Waals surface area contributed by atoms with Crippen molar-refractivity contribution >= 4 is 11.6 Å². The van der Waals surface area contributed by atoms with E-state index in [-0.39, 0.29) is 17.7 Å². The molecule has 1 heterocycles. The highest BCUT2D eigenvalue weighted by molar-refractivity contribution is 5.93. The molecular weight excluding hydrogens is 372 g/mol. The summed E-state index contributed by atoms with van der Waals surface area (Å²) in [4.78, 5) is 22.8. The van der Waals surface area contributed by atoms with E-state index >= 15 is 0 Å². The molecule has 0 bridgehead atoms. The Labute approximate surface area is 168 Å². The highest BCUT2D eigenvalue weighted by Crippen LogP contribution is 2.15. The van der Waals surface area contributed by atoms with Crippen LogP contribution in [0.15, 0.2) is 60.9 Å². The minimum Gasteiger partial charge on any atom is -0.374 e. The van der Waals surface area contributed by atoms with Crippen LogP contribution in [-0.4, -0.2) is 26.7 Å². The number of benzene rings is 2. The first-order chi connectivity index (χ1) is 13.9. The third-order valence-corrected chi connectivity index (χ3v) is 4.30. The summed E-state index contributed by atoms with van der Waals surface area (Å²) in [6.07, 6.45) is 3.18. The second-order valence-corrected chi connectivity index (χ2v) is 6.76. The third-order valence-electron chi connectivity index (χ3n) is 4.30. The molecule has 0 atom stereocenters. The second kappa shape index (κ2) is 9.11. The fourth-order valence-corrected chi connectivity index (χ4v) is 2.71. The van der Waals surface area contributed by atoms with Gasteiger partial charge in [0.2, 0.25) is 0 Å². The fraction of sp³-hybridized carbons (Fsp3) is 0.238. The molecule has 1 amide bonds. The average molecular weight is 394 g/mol. The summed E-state index contributed by atoms with van der Waals surface area (Å²) in [6.45, 7) is 4.82. The first kappa shape index (κ1) is 20.2. The highest BCUT2D eigenvalue weighted by atomic mass is 16.6. The zero-order valence-electron chi connectivity index (χ0n) is 16.2. The monoisotopic (exact) mass is 394 g/mol. The lowest BCUT2D eigenvalue weighted by Gasteiger charge is -2.12.